The fraction of sp³-hybridized carbons (Fsp3) is 0.263. The summed E-state index contributed by atoms with van der Waals surface area (Å²) in [6.45, 7) is 1.89. The van der Waals surface area contributed by atoms with E-state index >= 15 is 0 Å². The Hall–Kier alpha value is -2.70. The van der Waals surface area contributed by atoms with Gasteiger partial charge in [-0.25, -0.2) is 5.10 Å². The van der Waals surface area contributed by atoms with Gasteiger partial charge in [-0.15, -0.1) is 0 Å². The molecule has 2 aromatic carbocycles. The third kappa shape index (κ3) is 2.69. The van der Waals surface area contributed by atoms with Crippen LogP contribution in [0.3, 0.4) is 0 Å². The molecule has 1 fully saturated rings. The quantitative estimate of drug-likeness (QED) is 0.795. The van der Waals surface area contributed by atoms with E-state index in [1.807, 2.05) is 36.4 Å². The molecule has 0 aliphatic carbocycles. The molecular formula is C19H20N4O2. The Labute approximate surface area is 145 Å². The number of nitrogens with one attached hydrogen (secondary N) is 1. The summed E-state index contributed by atoms with van der Waals surface area (Å²) in [6, 6.07) is 15.7. The lowest BCUT2D eigenvalue weighted by Crippen LogP contribution is -2.38. The molecule has 6 nitrogen and oxygen atoms in total. The van der Waals surface area contributed by atoms with Gasteiger partial charge in [0.1, 0.15) is 0 Å². The average molecular weight is 336 g/mol. The van der Waals surface area contributed by atoms with E-state index in [0.29, 0.717) is 5.39 Å². The average Bonchev–Trinajstić information content (AvgIpc) is 3.03. The van der Waals surface area contributed by atoms with Gasteiger partial charge in [0.2, 0.25) is 0 Å². The van der Waals surface area contributed by atoms with Crippen LogP contribution in [0.2, 0.25) is 0 Å². The van der Waals surface area contributed by atoms with Crippen LogP contribution in [0.4, 0.5) is 5.69 Å². The van der Waals surface area contributed by atoms with E-state index in [2.05, 4.69) is 39.2 Å². The Bertz CT molecular complexity index is 952. The number of aromatic amines is 1. The molecule has 1 unspecified atom stereocenters. The van der Waals surface area contributed by atoms with Gasteiger partial charge in [-0.05, 0) is 25.2 Å². The zero-order valence-electron chi connectivity index (χ0n) is 14.3. The number of H-pyrrole nitrogens is 1. The van der Waals surface area contributed by atoms with Crippen LogP contribution in [0.1, 0.15) is 0 Å². The number of aromatic nitrogens is 2. The summed E-state index contributed by atoms with van der Waals surface area (Å²) in [5.74, 6) is 0. The van der Waals surface area contributed by atoms with E-state index in [9.17, 15) is 4.79 Å². The summed E-state index contributed by atoms with van der Waals surface area (Å²) in [5.41, 5.74) is 2.69. The molecule has 0 spiro atoms. The number of ether oxygens (including phenoxy) is 1. The monoisotopic (exact) mass is 336 g/mol. The molecule has 0 saturated carbocycles. The lowest BCUT2D eigenvalue weighted by Gasteiger charge is -2.28. The minimum Gasteiger partial charge on any atom is -0.348 e. The highest BCUT2D eigenvalue weighted by Crippen LogP contribution is 2.28. The Morgan fingerprint density at radius 2 is 1.80 bits per heavy atom. The van der Waals surface area contributed by atoms with Crippen molar-refractivity contribution in [3.63, 3.8) is 0 Å². The molecule has 25 heavy (non-hydrogen) atoms. The van der Waals surface area contributed by atoms with E-state index < -0.39 is 0 Å². The highest BCUT2D eigenvalue weighted by Gasteiger charge is 2.29. The van der Waals surface area contributed by atoms with E-state index in [4.69, 9.17) is 4.74 Å². The van der Waals surface area contributed by atoms with Crippen molar-refractivity contribution in [3.8, 4) is 11.3 Å². The van der Waals surface area contributed by atoms with Crippen molar-refractivity contribution in [2.75, 3.05) is 32.1 Å². The Morgan fingerprint density at radius 3 is 2.52 bits per heavy atom. The van der Waals surface area contributed by atoms with Gasteiger partial charge >= 0.3 is 0 Å². The minimum absolute atomic E-state index is 0.0436. The highest BCUT2D eigenvalue weighted by molar-refractivity contribution is 5.93. The van der Waals surface area contributed by atoms with E-state index in [0.717, 1.165) is 35.4 Å². The van der Waals surface area contributed by atoms with Crippen LogP contribution in [0, 0.1) is 0 Å². The number of methoxy groups -OCH3 is 1. The number of nitrogens with zero attached hydrogens (tertiary/aromatic N) is 3. The lowest BCUT2D eigenvalue weighted by atomic mass is 10.0. The predicted octanol–water partition coefficient (Wildman–Crippen LogP) is 2.27. The number of fused-ring (bicyclic) bond motifs is 1. The molecular weight excluding hydrogens is 316 g/mol. The fourth-order valence-electron chi connectivity index (χ4n) is 3.43. The molecule has 0 bridgehead atoms. The molecule has 1 aromatic heterocycles. The van der Waals surface area contributed by atoms with Gasteiger partial charge in [-0.1, -0.05) is 30.3 Å². The van der Waals surface area contributed by atoms with Crippen LogP contribution in [-0.2, 0) is 4.74 Å². The van der Waals surface area contributed by atoms with Gasteiger partial charge in [-0.2, -0.15) is 5.10 Å². The van der Waals surface area contributed by atoms with Crippen LogP contribution in [0.25, 0.3) is 22.0 Å². The molecule has 6 heteroatoms. The molecule has 1 aliphatic rings. The summed E-state index contributed by atoms with van der Waals surface area (Å²) in [5, 5.41) is 8.36. The largest absolute Gasteiger partial charge is 0.348 e. The third-order valence-corrected chi connectivity index (χ3v) is 4.72. The summed E-state index contributed by atoms with van der Waals surface area (Å²) in [6.07, 6.45) is -0.0436. The van der Waals surface area contributed by atoms with Crippen molar-refractivity contribution >= 4 is 16.5 Å². The Morgan fingerprint density at radius 1 is 1.08 bits per heavy atom. The Balaban J connectivity index is 1.72. The van der Waals surface area contributed by atoms with Crippen LogP contribution in [0.5, 0.6) is 0 Å². The number of likely N-dealkylation sites (N-methyl/N-ethyl adjacent to an activating group) is 1. The van der Waals surface area contributed by atoms with Crippen LogP contribution >= 0.6 is 0 Å². The van der Waals surface area contributed by atoms with Gasteiger partial charge in [0, 0.05) is 36.8 Å². The van der Waals surface area contributed by atoms with Crippen LogP contribution < -0.4 is 10.5 Å². The maximum Gasteiger partial charge on any atom is 0.272 e. The molecule has 1 atom stereocenters. The molecule has 3 aromatic rings. The van der Waals surface area contributed by atoms with Crippen molar-refractivity contribution in [1.29, 1.82) is 0 Å². The molecule has 2 heterocycles. The van der Waals surface area contributed by atoms with Crippen LogP contribution in [0.15, 0.2) is 53.3 Å². The summed E-state index contributed by atoms with van der Waals surface area (Å²) in [4.78, 5) is 16.3. The van der Waals surface area contributed by atoms with Crippen LogP contribution in [-0.4, -0.2) is 48.7 Å². The molecule has 4 rings (SSSR count). The molecule has 1 N–H and O–H groups in total. The second-order valence-corrected chi connectivity index (χ2v) is 6.23. The van der Waals surface area contributed by atoms with Crippen molar-refractivity contribution in [2.24, 2.45) is 0 Å². The molecule has 1 aliphatic heterocycles. The number of hydrogen-bond donors (Lipinski definition) is 1. The summed E-state index contributed by atoms with van der Waals surface area (Å²) in [7, 11) is 3.78. The first-order chi connectivity index (χ1) is 12.2. The first-order valence-electron chi connectivity index (χ1n) is 8.26. The lowest BCUT2D eigenvalue weighted by molar-refractivity contribution is 0.0125. The molecule has 0 amide bonds. The first-order valence-corrected chi connectivity index (χ1v) is 8.26. The van der Waals surface area contributed by atoms with E-state index in [1.54, 1.807) is 7.11 Å². The third-order valence-electron chi connectivity index (χ3n) is 4.72. The van der Waals surface area contributed by atoms with Crippen molar-refractivity contribution < 1.29 is 4.74 Å². The molecule has 0 radical (unpaired) electrons. The van der Waals surface area contributed by atoms with Gasteiger partial charge in [0.05, 0.1) is 11.1 Å². The zero-order chi connectivity index (χ0) is 17.4. The Kier molecular flexibility index (Phi) is 3.99. The highest BCUT2D eigenvalue weighted by atomic mass is 16.5. The molecule has 1 saturated heterocycles. The maximum absolute atomic E-state index is 11.9. The number of hydrogen-bond acceptors (Lipinski definition) is 5. The van der Waals surface area contributed by atoms with Crippen molar-refractivity contribution in [3.05, 3.63) is 58.9 Å². The smallest absolute Gasteiger partial charge is 0.272 e. The number of benzene rings is 2. The fourth-order valence-corrected chi connectivity index (χ4v) is 3.43. The van der Waals surface area contributed by atoms with Crippen molar-refractivity contribution in [1.82, 2.24) is 15.1 Å². The zero-order valence-corrected chi connectivity index (χ0v) is 14.3. The van der Waals surface area contributed by atoms with Gasteiger partial charge in [0.15, 0.2) is 6.35 Å². The van der Waals surface area contributed by atoms with Crippen molar-refractivity contribution in [2.45, 2.75) is 6.35 Å². The normalized spacial score (nSPS) is 18.2. The molecule has 128 valence electrons. The summed E-state index contributed by atoms with van der Waals surface area (Å²) >= 11 is 0. The number of anilines is 1. The van der Waals surface area contributed by atoms with Gasteiger partial charge in [-0.3, -0.25) is 9.69 Å². The predicted molar refractivity (Wildman–Crippen MR) is 98.6 cm³/mol. The second-order valence-electron chi connectivity index (χ2n) is 6.23. The topological polar surface area (TPSA) is 61.5 Å². The second kappa shape index (κ2) is 6.31. The van der Waals surface area contributed by atoms with E-state index in [1.165, 1.54) is 0 Å². The summed E-state index contributed by atoms with van der Waals surface area (Å²) < 4.78 is 5.58. The maximum atomic E-state index is 11.9. The van der Waals surface area contributed by atoms with Gasteiger partial charge < -0.3 is 9.64 Å². The minimum atomic E-state index is -0.168. The van der Waals surface area contributed by atoms with Gasteiger partial charge in [0.25, 0.3) is 5.56 Å². The van der Waals surface area contributed by atoms with E-state index in [-0.39, 0.29) is 11.9 Å². The standard InChI is InChI=1S/C19H20N4O2/c1-22-11-12-23(19(22)25-2)14-9-7-13(8-10-14)17-15-5-3-4-6-16(15)18(24)21-20-17/h3-10,19H,11-12H2,1-2H3,(H,21,24). The SMILES string of the molecule is COC1N(C)CCN1c1ccc(-c2n[nH]c(=O)c3ccccc23)cc1. The first kappa shape index (κ1) is 15.8. The number of rotatable bonds is 3.